The molecule has 2 rings (SSSR count). The van der Waals surface area contributed by atoms with E-state index in [1.807, 2.05) is 0 Å². The Morgan fingerprint density at radius 2 is 2.17 bits per heavy atom. The molecule has 0 bridgehead atoms. The summed E-state index contributed by atoms with van der Waals surface area (Å²) in [6.07, 6.45) is -0.918. The molecule has 0 aliphatic heterocycles. The second kappa shape index (κ2) is 4.97. The molecule has 18 heavy (non-hydrogen) atoms. The van der Waals surface area contributed by atoms with E-state index in [0.29, 0.717) is 10.7 Å². The highest BCUT2D eigenvalue weighted by molar-refractivity contribution is 6.32. The highest BCUT2D eigenvalue weighted by atomic mass is 35.5. The lowest BCUT2D eigenvalue weighted by Gasteiger charge is -2.04. The number of nitrogens with zero attached hydrogens (tertiary/aromatic N) is 2. The number of para-hydroxylation sites is 1. The summed E-state index contributed by atoms with van der Waals surface area (Å²) in [5.41, 5.74) is 0.469. The molecule has 6 nitrogen and oxygen atoms in total. The van der Waals surface area contributed by atoms with Crippen LogP contribution < -0.4 is 4.74 Å². The molecule has 0 radical (unpaired) electrons. The van der Waals surface area contributed by atoms with Gasteiger partial charge in [-0.15, -0.1) is 5.10 Å². The maximum Gasteiger partial charge on any atom is 0.514 e. The van der Waals surface area contributed by atoms with E-state index in [1.165, 1.54) is 13.2 Å². The average Bonchev–Trinajstić information content (AvgIpc) is 2.70. The number of rotatable bonds is 2. The van der Waals surface area contributed by atoms with Gasteiger partial charge < -0.3 is 14.6 Å². The molecule has 0 amide bonds. The van der Waals surface area contributed by atoms with Crippen molar-refractivity contribution in [2.75, 3.05) is 7.11 Å². The molecule has 7 heteroatoms. The SMILES string of the molecule is COC(=O)Oc1cc(O)n(-c2ccccc2Cl)n1. The van der Waals surface area contributed by atoms with E-state index in [4.69, 9.17) is 16.3 Å². The van der Waals surface area contributed by atoms with Gasteiger partial charge in [-0.2, -0.15) is 4.68 Å². The van der Waals surface area contributed by atoms with Crippen molar-refractivity contribution in [3.8, 4) is 17.4 Å². The molecule has 0 spiro atoms. The van der Waals surface area contributed by atoms with E-state index in [0.717, 1.165) is 4.68 Å². The molecule has 2 aromatic rings. The van der Waals surface area contributed by atoms with Crippen LogP contribution in [0.15, 0.2) is 30.3 Å². The van der Waals surface area contributed by atoms with E-state index in [1.54, 1.807) is 24.3 Å². The number of hydrogen-bond donors (Lipinski definition) is 1. The molecule has 0 aliphatic rings. The van der Waals surface area contributed by atoms with Crippen LogP contribution in [0.4, 0.5) is 4.79 Å². The normalized spacial score (nSPS) is 10.1. The number of hydrogen-bond acceptors (Lipinski definition) is 5. The van der Waals surface area contributed by atoms with Crippen LogP contribution in [-0.4, -0.2) is 28.2 Å². The lowest BCUT2D eigenvalue weighted by atomic mass is 10.3. The first-order valence-corrected chi connectivity index (χ1v) is 5.29. The summed E-state index contributed by atoms with van der Waals surface area (Å²) in [5, 5.41) is 14.0. The predicted molar refractivity (Wildman–Crippen MR) is 63.3 cm³/mol. The zero-order chi connectivity index (χ0) is 13.1. The van der Waals surface area contributed by atoms with Gasteiger partial charge in [0.05, 0.1) is 23.9 Å². The van der Waals surface area contributed by atoms with E-state index < -0.39 is 6.16 Å². The molecular weight excluding hydrogens is 260 g/mol. The molecule has 1 heterocycles. The fourth-order valence-electron chi connectivity index (χ4n) is 1.33. The van der Waals surface area contributed by atoms with Crippen LogP contribution >= 0.6 is 11.6 Å². The Hall–Kier alpha value is -2.21. The molecule has 0 aliphatic carbocycles. The molecule has 1 N–H and O–H groups in total. The minimum absolute atomic E-state index is 0.0840. The van der Waals surface area contributed by atoms with Gasteiger partial charge in [0.25, 0.3) is 0 Å². The van der Waals surface area contributed by atoms with E-state index in [-0.39, 0.29) is 11.8 Å². The van der Waals surface area contributed by atoms with Gasteiger partial charge in [-0.05, 0) is 12.1 Å². The Kier molecular flexibility index (Phi) is 3.38. The van der Waals surface area contributed by atoms with Crippen molar-refractivity contribution < 1.29 is 19.4 Å². The van der Waals surface area contributed by atoms with Gasteiger partial charge >= 0.3 is 6.16 Å². The molecule has 0 fully saturated rings. The van der Waals surface area contributed by atoms with Crippen LogP contribution in [0, 0.1) is 0 Å². The third kappa shape index (κ3) is 2.38. The van der Waals surface area contributed by atoms with Crippen molar-refractivity contribution in [2.45, 2.75) is 0 Å². The first-order valence-electron chi connectivity index (χ1n) is 4.91. The topological polar surface area (TPSA) is 73.6 Å². The molecule has 0 atom stereocenters. The monoisotopic (exact) mass is 268 g/mol. The smallest absolute Gasteiger partial charge is 0.493 e. The fourth-order valence-corrected chi connectivity index (χ4v) is 1.54. The van der Waals surface area contributed by atoms with Crippen molar-refractivity contribution in [1.82, 2.24) is 9.78 Å². The van der Waals surface area contributed by atoms with Gasteiger partial charge in [-0.3, -0.25) is 0 Å². The Morgan fingerprint density at radius 3 is 2.83 bits per heavy atom. The number of carbonyl (C=O) groups is 1. The number of aromatic hydroxyl groups is 1. The summed E-state index contributed by atoms with van der Waals surface area (Å²) in [6, 6.07) is 7.98. The van der Waals surface area contributed by atoms with Gasteiger partial charge in [-0.1, -0.05) is 23.7 Å². The lowest BCUT2D eigenvalue weighted by Crippen LogP contribution is -2.08. The van der Waals surface area contributed by atoms with E-state index in [2.05, 4.69) is 9.84 Å². The van der Waals surface area contributed by atoms with Crippen LogP contribution in [0.1, 0.15) is 0 Å². The molecular formula is C11H9ClN2O4. The summed E-state index contributed by atoms with van der Waals surface area (Å²) >= 11 is 5.97. The number of methoxy groups -OCH3 is 1. The van der Waals surface area contributed by atoms with Crippen LogP contribution in [0.5, 0.6) is 11.8 Å². The quantitative estimate of drug-likeness (QED) is 0.847. The predicted octanol–water partition coefficient (Wildman–Crippen LogP) is 2.38. The molecule has 1 aromatic heterocycles. The lowest BCUT2D eigenvalue weighted by molar-refractivity contribution is 0.119. The number of benzene rings is 1. The molecule has 0 saturated heterocycles. The Morgan fingerprint density at radius 1 is 1.44 bits per heavy atom. The van der Waals surface area contributed by atoms with Crippen molar-refractivity contribution in [1.29, 1.82) is 0 Å². The number of ether oxygens (including phenoxy) is 2. The molecule has 0 unspecified atom stereocenters. The summed E-state index contributed by atoms with van der Waals surface area (Å²) < 4.78 is 10.2. The van der Waals surface area contributed by atoms with Gasteiger partial charge in [0.2, 0.25) is 11.8 Å². The minimum Gasteiger partial charge on any atom is -0.493 e. The van der Waals surface area contributed by atoms with Crippen LogP contribution in [0.2, 0.25) is 5.02 Å². The average molecular weight is 269 g/mol. The maximum absolute atomic E-state index is 10.9. The van der Waals surface area contributed by atoms with E-state index in [9.17, 15) is 9.90 Å². The van der Waals surface area contributed by atoms with Crippen LogP contribution in [0.3, 0.4) is 0 Å². The third-order valence-corrected chi connectivity index (χ3v) is 2.42. The Labute approximate surface area is 107 Å². The minimum atomic E-state index is -0.918. The third-order valence-electron chi connectivity index (χ3n) is 2.10. The van der Waals surface area contributed by atoms with Crippen molar-refractivity contribution in [2.24, 2.45) is 0 Å². The van der Waals surface area contributed by atoms with Crippen LogP contribution in [0.25, 0.3) is 5.69 Å². The standard InChI is InChI=1S/C11H9ClN2O4/c1-17-11(16)18-9-6-10(15)14(13-9)8-5-3-2-4-7(8)12/h2-6,15H,1H3. The molecule has 1 aromatic carbocycles. The van der Waals surface area contributed by atoms with Gasteiger partial charge in [0.15, 0.2) is 0 Å². The van der Waals surface area contributed by atoms with Crippen molar-refractivity contribution in [3.05, 3.63) is 35.4 Å². The number of halogens is 1. The van der Waals surface area contributed by atoms with Gasteiger partial charge in [0.1, 0.15) is 0 Å². The first kappa shape index (κ1) is 12.3. The summed E-state index contributed by atoms with van der Waals surface area (Å²) in [5.74, 6) is -0.290. The van der Waals surface area contributed by atoms with Crippen molar-refractivity contribution in [3.63, 3.8) is 0 Å². The van der Waals surface area contributed by atoms with Crippen LogP contribution in [-0.2, 0) is 4.74 Å². The highest BCUT2D eigenvalue weighted by Gasteiger charge is 2.14. The van der Waals surface area contributed by atoms with Crippen molar-refractivity contribution >= 4 is 17.8 Å². The number of carbonyl (C=O) groups excluding carboxylic acids is 1. The Bertz CT molecular complexity index is 582. The van der Waals surface area contributed by atoms with Gasteiger partial charge in [0, 0.05) is 0 Å². The summed E-state index contributed by atoms with van der Waals surface area (Å²) in [7, 11) is 1.17. The Balaban J connectivity index is 2.35. The second-order valence-electron chi connectivity index (χ2n) is 3.26. The maximum atomic E-state index is 10.9. The highest BCUT2D eigenvalue weighted by Crippen LogP contribution is 2.26. The van der Waals surface area contributed by atoms with E-state index >= 15 is 0 Å². The fraction of sp³-hybridized carbons (Fsp3) is 0.0909. The summed E-state index contributed by atoms with van der Waals surface area (Å²) in [6.45, 7) is 0. The molecule has 0 saturated carbocycles. The second-order valence-corrected chi connectivity index (χ2v) is 3.67. The molecule has 94 valence electrons. The summed E-state index contributed by atoms with van der Waals surface area (Å²) in [4.78, 5) is 10.9. The zero-order valence-corrected chi connectivity index (χ0v) is 10.1. The number of aromatic nitrogens is 2. The zero-order valence-electron chi connectivity index (χ0n) is 9.33. The van der Waals surface area contributed by atoms with Gasteiger partial charge in [-0.25, -0.2) is 4.79 Å². The largest absolute Gasteiger partial charge is 0.514 e. The first-order chi connectivity index (χ1) is 8.61.